The number of halogens is 1. The second-order valence-electron chi connectivity index (χ2n) is 5.67. The maximum Gasteiger partial charge on any atom is 0.244 e. The minimum absolute atomic E-state index is 0.0114. The number of hydrogen-bond donors (Lipinski definition) is 1. The molecule has 0 aliphatic heterocycles. The van der Waals surface area contributed by atoms with Crippen LogP contribution in [0.1, 0.15) is 27.7 Å². The van der Waals surface area contributed by atoms with Crippen LogP contribution in [0.5, 0.6) is 5.75 Å². The van der Waals surface area contributed by atoms with Crippen molar-refractivity contribution in [2.45, 2.75) is 33.2 Å². The van der Waals surface area contributed by atoms with E-state index >= 15 is 0 Å². The van der Waals surface area contributed by atoms with Crippen LogP contribution in [0.25, 0.3) is 0 Å². The van der Waals surface area contributed by atoms with Crippen LogP contribution < -0.4 is 10.1 Å². The van der Waals surface area contributed by atoms with Gasteiger partial charge in [0.2, 0.25) is 11.8 Å². The van der Waals surface area contributed by atoms with Gasteiger partial charge in [0.05, 0.1) is 12.1 Å². The number of benzene rings is 1. The third-order valence-corrected chi connectivity index (χ3v) is 3.22. The van der Waals surface area contributed by atoms with Gasteiger partial charge in [0.1, 0.15) is 12.3 Å². The summed E-state index contributed by atoms with van der Waals surface area (Å²) in [5.74, 6) is 0.112. The summed E-state index contributed by atoms with van der Waals surface area (Å²) in [7, 11) is 1.52. The number of nitrogens with one attached hydrogen (secondary N) is 1. The van der Waals surface area contributed by atoms with Gasteiger partial charge >= 0.3 is 0 Å². The van der Waals surface area contributed by atoms with Gasteiger partial charge in [-0.05, 0) is 39.0 Å². The molecule has 0 saturated heterocycles. The average Bonchev–Trinajstić information content (AvgIpc) is 2.34. The fourth-order valence-electron chi connectivity index (χ4n) is 1.91. The Morgan fingerprint density at radius 3 is 2.38 bits per heavy atom. The van der Waals surface area contributed by atoms with E-state index in [4.69, 9.17) is 16.3 Å². The molecule has 0 aromatic heterocycles. The molecule has 21 heavy (non-hydrogen) atoms. The maximum atomic E-state index is 12.1. The Balaban J connectivity index is 2.77. The number of carbonyl (C=O) groups is 2. The number of nitrogens with zero attached hydrogens (tertiary/aromatic N) is 1. The van der Waals surface area contributed by atoms with Crippen molar-refractivity contribution in [1.82, 2.24) is 4.90 Å². The third kappa shape index (κ3) is 4.93. The van der Waals surface area contributed by atoms with Gasteiger partial charge in [0, 0.05) is 18.2 Å². The molecule has 1 N–H and O–H groups in total. The monoisotopic (exact) mass is 312 g/mol. The molecule has 0 fully saturated rings. The van der Waals surface area contributed by atoms with Gasteiger partial charge in [-0.3, -0.25) is 9.59 Å². The summed E-state index contributed by atoms with van der Waals surface area (Å²) in [5, 5.41) is 3.13. The van der Waals surface area contributed by atoms with Gasteiger partial charge in [0.25, 0.3) is 0 Å². The lowest BCUT2D eigenvalue weighted by Crippen LogP contribution is -2.48. The second-order valence-corrected chi connectivity index (χ2v) is 6.08. The SMILES string of the molecule is COc1ccc(NC(=O)CN(C(C)=O)C(C)(C)C)cc1Cl. The molecule has 0 heterocycles. The molecule has 0 radical (unpaired) electrons. The first-order chi connectivity index (χ1) is 9.65. The van der Waals surface area contributed by atoms with Gasteiger partial charge in [-0.25, -0.2) is 0 Å². The maximum absolute atomic E-state index is 12.1. The van der Waals surface area contributed by atoms with Gasteiger partial charge < -0.3 is 15.0 Å². The Morgan fingerprint density at radius 1 is 1.33 bits per heavy atom. The number of anilines is 1. The standard InChI is InChI=1S/C15H21ClN2O3/c1-10(19)18(15(2,3)4)9-14(20)17-11-6-7-13(21-5)12(16)8-11/h6-8H,9H2,1-5H3,(H,17,20). The van der Waals surface area contributed by atoms with Crippen molar-refractivity contribution in [3.63, 3.8) is 0 Å². The number of ether oxygens (including phenoxy) is 1. The number of hydrogen-bond acceptors (Lipinski definition) is 3. The Labute approximate surface area is 130 Å². The highest BCUT2D eigenvalue weighted by Crippen LogP contribution is 2.27. The lowest BCUT2D eigenvalue weighted by atomic mass is 10.1. The largest absolute Gasteiger partial charge is 0.495 e. The number of methoxy groups -OCH3 is 1. The first-order valence-electron chi connectivity index (χ1n) is 6.56. The molecule has 1 rings (SSSR count). The van der Waals surface area contributed by atoms with E-state index in [9.17, 15) is 9.59 Å². The molecule has 0 atom stereocenters. The Kier molecular flexibility index (Phi) is 5.61. The summed E-state index contributed by atoms with van der Waals surface area (Å²) < 4.78 is 5.05. The Bertz CT molecular complexity index is 538. The summed E-state index contributed by atoms with van der Waals surface area (Å²) in [5.41, 5.74) is 0.143. The lowest BCUT2D eigenvalue weighted by molar-refractivity contribution is -0.137. The van der Waals surface area contributed by atoms with Crippen LogP contribution in [0.15, 0.2) is 18.2 Å². The third-order valence-electron chi connectivity index (χ3n) is 2.93. The quantitative estimate of drug-likeness (QED) is 0.930. The van der Waals surface area contributed by atoms with Crippen LogP contribution in [0, 0.1) is 0 Å². The molecule has 0 aliphatic carbocycles. The molecular formula is C15H21ClN2O3. The minimum Gasteiger partial charge on any atom is -0.495 e. The van der Waals surface area contributed by atoms with E-state index in [1.54, 1.807) is 18.2 Å². The minimum atomic E-state index is -0.416. The van der Waals surface area contributed by atoms with Crippen molar-refractivity contribution in [3.8, 4) is 5.75 Å². The molecule has 0 spiro atoms. The van der Waals surface area contributed by atoms with Crippen molar-refractivity contribution in [3.05, 3.63) is 23.2 Å². The van der Waals surface area contributed by atoms with Crippen LogP contribution in [0.3, 0.4) is 0 Å². The number of amides is 2. The average molecular weight is 313 g/mol. The van der Waals surface area contributed by atoms with Crippen LogP contribution in [0.2, 0.25) is 5.02 Å². The highest BCUT2D eigenvalue weighted by atomic mass is 35.5. The van der Waals surface area contributed by atoms with Gasteiger partial charge in [0.15, 0.2) is 0 Å². The first-order valence-corrected chi connectivity index (χ1v) is 6.94. The highest BCUT2D eigenvalue weighted by Gasteiger charge is 2.25. The second kappa shape index (κ2) is 6.80. The summed E-state index contributed by atoms with van der Waals surface area (Å²) in [6.45, 7) is 7.08. The normalized spacial score (nSPS) is 11.0. The molecule has 0 unspecified atom stereocenters. The van der Waals surface area contributed by atoms with E-state index in [0.717, 1.165) is 0 Å². The lowest BCUT2D eigenvalue weighted by Gasteiger charge is -2.34. The van der Waals surface area contributed by atoms with Crippen molar-refractivity contribution < 1.29 is 14.3 Å². The van der Waals surface area contributed by atoms with E-state index < -0.39 is 5.54 Å². The fourth-order valence-corrected chi connectivity index (χ4v) is 2.17. The van der Waals surface area contributed by atoms with Gasteiger partial charge in [-0.1, -0.05) is 11.6 Å². The molecule has 1 aromatic carbocycles. The Hall–Kier alpha value is -1.75. The molecule has 1 aromatic rings. The Morgan fingerprint density at radius 2 is 1.95 bits per heavy atom. The fraction of sp³-hybridized carbons (Fsp3) is 0.467. The summed E-state index contributed by atoms with van der Waals surface area (Å²) in [4.78, 5) is 25.2. The van der Waals surface area contributed by atoms with Crippen molar-refractivity contribution in [2.24, 2.45) is 0 Å². The van der Waals surface area contributed by atoms with E-state index in [1.165, 1.54) is 18.9 Å². The molecule has 0 saturated carbocycles. The molecular weight excluding hydrogens is 292 g/mol. The van der Waals surface area contributed by atoms with Crippen molar-refractivity contribution in [2.75, 3.05) is 19.0 Å². The zero-order valence-electron chi connectivity index (χ0n) is 13.0. The van der Waals surface area contributed by atoms with Crippen molar-refractivity contribution in [1.29, 1.82) is 0 Å². The predicted molar refractivity (Wildman–Crippen MR) is 83.8 cm³/mol. The molecule has 116 valence electrons. The zero-order chi connectivity index (χ0) is 16.2. The first kappa shape index (κ1) is 17.3. The summed E-state index contributed by atoms with van der Waals surface area (Å²) in [6, 6.07) is 4.97. The van der Waals surface area contributed by atoms with Crippen LogP contribution >= 0.6 is 11.6 Å². The van der Waals surface area contributed by atoms with E-state index in [2.05, 4.69) is 5.32 Å². The molecule has 5 nitrogen and oxygen atoms in total. The van der Waals surface area contributed by atoms with Crippen LogP contribution in [-0.2, 0) is 9.59 Å². The van der Waals surface area contributed by atoms with Crippen molar-refractivity contribution >= 4 is 29.1 Å². The van der Waals surface area contributed by atoms with Gasteiger partial charge in [-0.2, -0.15) is 0 Å². The van der Waals surface area contributed by atoms with E-state index in [0.29, 0.717) is 16.5 Å². The van der Waals surface area contributed by atoms with E-state index in [1.807, 2.05) is 20.8 Å². The number of rotatable bonds is 4. The molecule has 6 heteroatoms. The predicted octanol–water partition coefficient (Wildman–Crippen LogP) is 2.93. The highest BCUT2D eigenvalue weighted by molar-refractivity contribution is 6.32. The van der Waals surface area contributed by atoms with E-state index in [-0.39, 0.29) is 18.4 Å². The zero-order valence-corrected chi connectivity index (χ0v) is 13.7. The summed E-state index contributed by atoms with van der Waals surface area (Å²) >= 11 is 6.00. The topological polar surface area (TPSA) is 58.6 Å². The molecule has 0 aliphatic rings. The molecule has 2 amide bonds. The van der Waals surface area contributed by atoms with Crippen LogP contribution in [-0.4, -0.2) is 35.9 Å². The smallest absolute Gasteiger partial charge is 0.244 e. The summed E-state index contributed by atoms with van der Waals surface area (Å²) in [6.07, 6.45) is 0. The van der Waals surface area contributed by atoms with Gasteiger partial charge in [-0.15, -0.1) is 0 Å². The molecule has 0 bridgehead atoms. The van der Waals surface area contributed by atoms with Crippen LogP contribution in [0.4, 0.5) is 5.69 Å². The number of carbonyl (C=O) groups excluding carboxylic acids is 2.